The molecule has 1 N–H and O–H groups in total. The van der Waals surface area contributed by atoms with Gasteiger partial charge in [-0.05, 0) is 36.8 Å². The quantitative estimate of drug-likeness (QED) is 0.667. The number of aromatic nitrogens is 2. The van der Waals surface area contributed by atoms with Gasteiger partial charge in [0.15, 0.2) is 9.84 Å². The second-order valence-electron chi connectivity index (χ2n) is 7.51. The number of rotatable bonds is 5. The predicted octanol–water partition coefficient (Wildman–Crippen LogP) is 3.18. The lowest BCUT2D eigenvalue weighted by atomic mass is 10.2. The van der Waals surface area contributed by atoms with Crippen LogP contribution >= 0.6 is 0 Å². The molecule has 0 saturated heterocycles. The number of benzene rings is 2. The number of carbonyl (C=O) groups excluding carboxylic acids is 1. The fourth-order valence-electron chi connectivity index (χ4n) is 3.29. The van der Waals surface area contributed by atoms with Crippen LogP contribution in [0, 0.1) is 11.7 Å². The summed E-state index contributed by atoms with van der Waals surface area (Å²) in [4.78, 5) is 18.0. The first-order valence-corrected chi connectivity index (χ1v) is 11.1. The van der Waals surface area contributed by atoms with E-state index in [1.807, 2.05) is 0 Å². The normalized spacial score (nSPS) is 18.4. The summed E-state index contributed by atoms with van der Waals surface area (Å²) in [5, 5.41) is 2.73. The van der Waals surface area contributed by atoms with Crippen molar-refractivity contribution in [3.8, 4) is 0 Å². The molecule has 1 aliphatic rings. The molecule has 10 heteroatoms. The Labute approximate surface area is 172 Å². The lowest BCUT2D eigenvalue weighted by Gasteiger charge is -2.22. The van der Waals surface area contributed by atoms with Crippen molar-refractivity contribution in [2.45, 2.75) is 17.5 Å². The maximum Gasteiger partial charge on any atom is 0.230 e. The lowest BCUT2D eigenvalue weighted by Crippen LogP contribution is -2.17. The van der Waals surface area contributed by atoms with E-state index in [-0.39, 0.29) is 17.0 Å². The van der Waals surface area contributed by atoms with Crippen molar-refractivity contribution in [2.75, 3.05) is 23.5 Å². The molecule has 1 amide bonds. The van der Waals surface area contributed by atoms with E-state index in [1.165, 1.54) is 12.1 Å². The molecule has 7 nitrogen and oxygen atoms in total. The highest BCUT2D eigenvalue weighted by Gasteiger charge is 2.43. The van der Waals surface area contributed by atoms with E-state index in [2.05, 4.69) is 10.3 Å². The van der Waals surface area contributed by atoms with Crippen LogP contribution in [-0.4, -0.2) is 43.4 Å². The molecule has 1 aromatic heterocycles. The van der Waals surface area contributed by atoms with Crippen LogP contribution in [0.1, 0.15) is 6.42 Å². The van der Waals surface area contributed by atoms with Crippen molar-refractivity contribution in [1.82, 2.24) is 9.55 Å². The van der Waals surface area contributed by atoms with Gasteiger partial charge in [0.05, 0.1) is 34.0 Å². The topological polar surface area (TPSA) is 84.3 Å². The van der Waals surface area contributed by atoms with Gasteiger partial charge in [-0.1, -0.05) is 0 Å². The molecule has 0 aliphatic heterocycles. The first-order valence-electron chi connectivity index (χ1n) is 9.19. The number of sulfone groups is 1. The lowest BCUT2D eigenvalue weighted by molar-refractivity contribution is -0.117. The number of nitrogens with zero attached hydrogens (tertiary/aromatic N) is 3. The largest absolute Gasteiger partial charge is 0.342 e. The summed E-state index contributed by atoms with van der Waals surface area (Å²) in [7, 11) is -0.127. The van der Waals surface area contributed by atoms with Gasteiger partial charge in [-0.2, -0.15) is 0 Å². The Kier molecular flexibility index (Phi) is 4.76. The fourth-order valence-corrected chi connectivity index (χ4v) is 3.93. The highest BCUT2D eigenvalue weighted by molar-refractivity contribution is 7.90. The maximum atomic E-state index is 14.7. The molecule has 1 saturated carbocycles. The van der Waals surface area contributed by atoms with Crippen molar-refractivity contribution in [1.29, 1.82) is 0 Å². The summed E-state index contributed by atoms with van der Waals surface area (Å²) < 4.78 is 53.0. The zero-order valence-electron chi connectivity index (χ0n) is 16.6. The Morgan fingerprint density at radius 1 is 1.30 bits per heavy atom. The van der Waals surface area contributed by atoms with Crippen LogP contribution in [0.15, 0.2) is 41.6 Å². The second kappa shape index (κ2) is 7.05. The van der Waals surface area contributed by atoms with E-state index < -0.39 is 33.7 Å². The Morgan fingerprint density at radius 3 is 2.60 bits per heavy atom. The third-order valence-corrected chi connectivity index (χ3v) is 6.33. The molecular formula is C20H20F2N4O3S. The van der Waals surface area contributed by atoms with Gasteiger partial charge in [-0.25, -0.2) is 22.2 Å². The average molecular weight is 434 g/mol. The van der Waals surface area contributed by atoms with Crippen LogP contribution in [0.5, 0.6) is 0 Å². The number of aryl methyl sites for hydroxylation is 1. The summed E-state index contributed by atoms with van der Waals surface area (Å²) in [6, 6.07) is 7.10. The number of imidazole rings is 1. The van der Waals surface area contributed by atoms with Crippen molar-refractivity contribution >= 4 is 43.8 Å². The number of nitrogens with one attached hydrogen (secondary N) is 1. The van der Waals surface area contributed by atoms with Gasteiger partial charge in [-0.3, -0.25) is 4.79 Å². The molecule has 1 aliphatic carbocycles. The smallest absolute Gasteiger partial charge is 0.230 e. The van der Waals surface area contributed by atoms with E-state index in [9.17, 15) is 22.0 Å². The minimum Gasteiger partial charge on any atom is -0.342 e. The summed E-state index contributed by atoms with van der Waals surface area (Å²) in [5.74, 6) is -1.78. The zero-order valence-corrected chi connectivity index (χ0v) is 17.4. The molecule has 0 bridgehead atoms. The summed E-state index contributed by atoms with van der Waals surface area (Å²) >= 11 is 0. The monoisotopic (exact) mass is 434 g/mol. The average Bonchev–Trinajstić information content (AvgIpc) is 3.30. The second-order valence-corrected chi connectivity index (χ2v) is 9.52. The number of amides is 1. The molecule has 2 atom stereocenters. The van der Waals surface area contributed by atoms with E-state index >= 15 is 0 Å². The van der Waals surface area contributed by atoms with Gasteiger partial charge in [0.2, 0.25) is 5.91 Å². The van der Waals surface area contributed by atoms with Crippen molar-refractivity contribution in [3.05, 3.63) is 42.5 Å². The van der Waals surface area contributed by atoms with Gasteiger partial charge in [0.1, 0.15) is 17.5 Å². The Hall–Kier alpha value is -3.01. The Balaban J connectivity index is 1.75. The third-order valence-electron chi connectivity index (χ3n) is 5.22. The highest BCUT2D eigenvalue weighted by Crippen LogP contribution is 2.37. The van der Waals surface area contributed by atoms with Gasteiger partial charge < -0.3 is 14.8 Å². The molecule has 0 radical (unpaired) electrons. The van der Waals surface area contributed by atoms with E-state index in [0.29, 0.717) is 22.4 Å². The third kappa shape index (κ3) is 3.62. The molecule has 4 rings (SSSR count). The van der Waals surface area contributed by atoms with Crippen LogP contribution < -0.4 is 10.2 Å². The van der Waals surface area contributed by atoms with Crippen LogP contribution in [-0.2, 0) is 21.7 Å². The molecule has 1 fully saturated rings. The zero-order chi connectivity index (χ0) is 21.8. The van der Waals surface area contributed by atoms with Gasteiger partial charge in [0.25, 0.3) is 0 Å². The van der Waals surface area contributed by atoms with Gasteiger partial charge in [0, 0.05) is 26.0 Å². The molecule has 158 valence electrons. The van der Waals surface area contributed by atoms with Crippen molar-refractivity contribution in [2.24, 2.45) is 13.0 Å². The number of anilines is 3. The molecule has 30 heavy (non-hydrogen) atoms. The molecule has 0 spiro atoms. The molecule has 2 aromatic carbocycles. The van der Waals surface area contributed by atoms with Crippen LogP contribution in [0.2, 0.25) is 0 Å². The minimum atomic E-state index is -3.53. The number of alkyl halides is 1. The highest BCUT2D eigenvalue weighted by atomic mass is 32.2. The van der Waals surface area contributed by atoms with E-state index in [4.69, 9.17) is 0 Å². The number of hydrogen-bond donors (Lipinski definition) is 1. The van der Waals surface area contributed by atoms with Crippen LogP contribution in [0.25, 0.3) is 11.0 Å². The van der Waals surface area contributed by atoms with E-state index in [1.54, 1.807) is 42.0 Å². The van der Waals surface area contributed by atoms with Crippen molar-refractivity contribution < 1.29 is 22.0 Å². The number of halogens is 2. The fraction of sp³-hybridized carbons (Fsp3) is 0.300. The number of fused-ring (bicyclic) bond motifs is 1. The predicted molar refractivity (Wildman–Crippen MR) is 110 cm³/mol. The van der Waals surface area contributed by atoms with E-state index in [0.717, 1.165) is 12.3 Å². The van der Waals surface area contributed by atoms with Gasteiger partial charge in [-0.15, -0.1) is 0 Å². The van der Waals surface area contributed by atoms with Gasteiger partial charge >= 0.3 is 0 Å². The first kappa shape index (κ1) is 20.3. The molecule has 2 unspecified atom stereocenters. The maximum absolute atomic E-state index is 14.7. The van der Waals surface area contributed by atoms with Crippen molar-refractivity contribution in [3.63, 3.8) is 0 Å². The summed E-state index contributed by atoms with van der Waals surface area (Å²) in [6.07, 6.45) is 1.67. The van der Waals surface area contributed by atoms with Crippen LogP contribution in [0.4, 0.5) is 25.8 Å². The summed E-state index contributed by atoms with van der Waals surface area (Å²) in [5.41, 5.74) is 2.32. The molecular weight excluding hydrogens is 414 g/mol. The Bertz CT molecular complexity index is 1270. The molecule has 3 aromatic rings. The SMILES string of the molecule is CN(c1cc(NC(=O)C2CC2F)c2ncn(C)c2c1)c1ccc(S(C)(=O)=O)cc1F. The molecule has 1 heterocycles. The Morgan fingerprint density at radius 2 is 2.00 bits per heavy atom. The number of carbonyl (C=O) groups is 1. The first-order chi connectivity index (χ1) is 14.1. The number of hydrogen-bond acceptors (Lipinski definition) is 5. The minimum absolute atomic E-state index is 0.114. The van der Waals surface area contributed by atoms with Crippen LogP contribution in [0.3, 0.4) is 0 Å². The summed E-state index contributed by atoms with van der Waals surface area (Å²) in [6.45, 7) is 0. The standard InChI is InChI=1S/C20H20F2N4O3S/c1-25-10-23-19-16(24-20(27)13-9-14(13)21)6-11(7-18(19)25)26(2)17-5-4-12(8-15(17)22)30(3,28)29/h4-8,10,13-14H,9H2,1-3H3,(H,24,27).